The number of dihydropyridines is 1. The number of hydrogen-bond acceptors (Lipinski definition) is 5. The van der Waals surface area contributed by atoms with E-state index in [-0.39, 0.29) is 5.82 Å². The maximum absolute atomic E-state index is 11.4. The first kappa shape index (κ1) is 14.2. The van der Waals surface area contributed by atoms with E-state index >= 15 is 0 Å². The van der Waals surface area contributed by atoms with E-state index in [0.717, 1.165) is 0 Å². The molecule has 0 spiro atoms. The zero-order valence-electron chi connectivity index (χ0n) is 11.1. The van der Waals surface area contributed by atoms with Crippen LogP contribution in [0.15, 0.2) is 46.9 Å². The SMILES string of the molecule is C=C/C=C1/N=CC(Cl)=CC1(C)n1cnc(C(=O)OC)n1. The number of methoxy groups -OCH3 is 1. The maximum atomic E-state index is 11.4. The van der Waals surface area contributed by atoms with Gasteiger partial charge < -0.3 is 4.74 Å². The number of carbonyl (C=O) groups is 1. The summed E-state index contributed by atoms with van der Waals surface area (Å²) in [5.41, 5.74) is -0.0718. The first-order valence-corrected chi connectivity index (χ1v) is 6.15. The molecule has 0 bridgehead atoms. The zero-order chi connectivity index (χ0) is 14.8. The third-order valence-electron chi connectivity index (χ3n) is 2.88. The molecule has 1 aromatic rings. The van der Waals surface area contributed by atoms with Crippen molar-refractivity contribution in [3.05, 3.63) is 47.7 Å². The van der Waals surface area contributed by atoms with Gasteiger partial charge in [-0.15, -0.1) is 5.10 Å². The van der Waals surface area contributed by atoms with Gasteiger partial charge in [0.2, 0.25) is 0 Å². The number of aromatic nitrogens is 3. The van der Waals surface area contributed by atoms with E-state index in [1.165, 1.54) is 24.3 Å². The summed E-state index contributed by atoms with van der Waals surface area (Å²) < 4.78 is 6.09. The number of ether oxygens (including phenoxy) is 1. The molecular weight excluding hydrogens is 280 g/mol. The molecule has 0 saturated carbocycles. The first-order valence-electron chi connectivity index (χ1n) is 5.77. The van der Waals surface area contributed by atoms with Gasteiger partial charge in [-0.05, 0) is 19.1 Å². The van der Waals surface area contributed by atoms with Gasteiger partial charge in [0.05, 0.1) is 17.8 Å². The molecule has 0 fully saturated rings. The molecule has 0 saturated heterocycles. The van der Waals surface area contributed by atoms with Gasteiger partial charge in [-0.1, -0.05) is 24.3 Å². The van der Waals surface area contributed by atoms with Crippen LogP contribution in [0.4, 0.5) is 0 Å². The highest BCUT2D eigenvalue weighted by Crippen LogP contribution is 2.32. The van der Waals surface area contributed by atoms with E-state index in [9.17, 15) is 4.79 Å². The van der Waals surface area contributed by atoms with E-state index in [0.29, 0.717) is 10.7 Å². The molecule has 6 nitrogen and oxygen atoms in total. The molecule has 0 aromatic carbocycles. The molecule has 2 rings (SSSR count). The van der Waals surface area contributed by atoms with Crippen LogP contribution in [0.3, 0.4) is 0 Å². The van der Waals surface area contributed by atoms with Gasteiger partial charge in [0.15, 0.2) is 0 Å². The number of aliphatic imine (C=N–C) groups is 1. The number of esters is 1. The average Bonchev–Trinajstić information content (AvgIpc) is 2.91. The summed E-state index contributed by atoms with van der Waals surface area (Å²) in [6.07, 6.45) is 8.11. The normalized spacial score (nSPS) is 23.6. The first-order chi connectivity index (χ1) is 9.51. The Morgan fingerprint density at radius 2 is 2.35 bits per heavy atom. The minimum atomic E-state index is -0.751. The summed E-state index contributed by atoms with van der Waals surface area (Å²) in [5, 5.41) is 4.60. The molecule has 0 radical (unpaired) electrons. The molecule has 7 heteroatoms. The minimum absolute atomic E-state index is 0.0225. The molecule has 1 aromatic heterocycles. The van der Waals surface area contributed by atoms with Crippen molar-refractivity contribution in [1.82, 2.24) is 14.8 Å². The van der Waals surface area contributed by atoms with Crippen molar-refractivity contribution in [2.75, 3.05) is 7.11 Å². The summed E-state index contributed by atoms with van der Waals surface area (Å²) in [6.45, 7) is 5.51. The number of hydrogen-bond donors (Lipinski definition) is 0. The van der Waals surface area contributed by atoms with Crippen molar-refractivity contribution < 1.29 is 9.53 Å². The van der Waals surface area contributed by atoms with Crippen LogP contribution in [0.25, 0.3) is 0 Å². The Labute approximate surface area is 121 Å². The molecule has 104 valence electrons. The summed E-state index contributed by atoms with van der Waals surface area (Å²) in [7, 11) is 1.27. The van der Waals surface area contributed by atoms with Gasteiger partial charge in [-0.25, -0.2) is 14.5 Å². The van der Waals surface area contributed by atoms with Crippen molar-refractivity contribution in [2.45, 2.75) is 12.5 Å². The van der Waals surface area contributed by atoms with Crippen LogP contribution in [0, 0.1) is 0 Å². The lowest BCUT2D eigenvalue weighted by Gasteiger charge is -2.29. The topological polar surface area (TPSA) is 69.4 Å². The number of allylic oxidation sites excluding steroid dienone is 4. The summed E-state index contributed by atoms with van der Waals surface area (Å²) in [4.78, 5) is 19.6. The Balaban J connectivity index is 2.49. The van der Waals surface area contributed by atoms with Crippen molar-refractivity contribution in [2.24, 2.45) is 4.99 Å². The van der Waals surface area contributed by atoms with E-state index in [1.807, 2.05) is 6.92 Å². The van der Waals surface area contributed by atoms with Crippen LogP contribution in [-0.2, 0) is 10.3 Å². The third kappa shape index (κ3) is 2.42. The fourth-order valence-corrected chi connectivity index (χ4v) is 2.08. The van der Waals surface area contributed by atoms with E-state index in [4.69, 9.17) is 11.6 Å². The predicted molar refractivity (Wildman–Crippen MR) is 75.7 cm³/mol. The summed E-state index contributed by atoms with van der Waals surface area (Å²) >= 11 is 6.02. The van der Waals surface area contributed by atoms with Gasteiger partial charge in [0.25, 0.3) is 5.82 Å². The lowest BCUT2D eigenvalue weighted by atomic mass is 9.95. The van der Waals surface area contributed by atoms with E-state index in [2.05, 4.69) is 26.4 Å². The predicted octanol–water partition coefficient (Wildman–Crippen LogP) is 2.06. The third-order valence-corrected chi connectivity index (χ3v) is 3.08. The van der Waals surface area contributed by atoms with Crippen LogP contribution in [0.5, 0.6) is 0 Å². The summed E-state index contributed by atoms with van der Waals surface area (Å²) in [6, 6.07) is 0. The molecule has 2 heterocycles. The highest BCUT2D eigenvalue weighted by molar-refractivity contribution is 6.39. The van der Waals surface area contributed by atoms with E-state index in [1.54, 1.807) is 18.2 Å². The second-order valence-electron chi connectivity index (χ2n) is 4.23. The second-order valence-corrected chi connectivity index (χ2v) is 4.66. The monoisotopic (exact) mass is 292 g/mol. The average molecular weight is 293 g/mol. The largest absolute Gasteiger partial charge is 0.463 e. The van der Waals surface area contributed by atoms with Crippen molar-refractivity contribution in [1.29, 1.82) is 0 Å². The highest BCUT2D eigenvalue weighted by Gasteiger charge is 2.33. The molecule has 0 amide bonds. The molecule has 1 aliphatic heterocycles. The van der Waals surface area contributed by atoms with Crippen LogP contribution < -0.4 is 0 Å². The molecular formula is C13H13ClN4O2. The van der Waals surface area contributed by atoms with Crippen LogP contribution in [0.2, 0.25) is 0 Å². The smallest absolute Gasteiger partial charge is 0.377 e. The lowest BCUT2D eigenvalue weighted by Crippen LogP contribution is -2.32. The van der Waals surface area contributed by atoms with Crippen molar-refractivity contribution >= 4 is 23.8 Å². The Morgan fingerprint density at radius 3 is 3.00 bits per heavy atom. The minimum Gasteiger partial charge on any atom is -0.463 e. The molecule has 20 heavy (non-hydrogen) atoms. The quantitative estimate of drug-likeness (QED) is 0.800. The number of halogens is 1. The molecule has 1 aliphatic rings. The van der Waals surface area contributed by atoms with Gasteiger partial charge in [-0.2, -0.15) is 0 Å². The van der Waals surface area contributed by atoms with Crippen LogP contribution in [-0.4, -0.2) is 34.1 Å². The number of rotatable bonds is 3. The van der Waals surface area contributed by atoms with E-state index < -0.39 is 11.5 Å². The Kier molecular flexibility index (Phi) is 3.85. The van der Waals surface area contributed by atoms with Crippen LogP contribution in [0.1, 0.15) is 17.5 Å². The Hall–Kier alpha value is -2.21. The fraction of sp³-hybridized carbons (Fsp3) is 0.231. The van der Waals surface area contributed by atoms with Gasteiger partial charge in [0.1, 0.15) is 11.9 Å². The van der Waals surface area contributed by atoms with Gasteiger partial charge >= 0.3 is 5.97 Å². The second kappa shape index (κ2) is 5.42. The van der Waals surface area contributed by atoms with Gasteiger partial charge in [0, 0.05) is 6.21 Å². The molecule has 0 N–H and O–H groups in total. The Bertz CT molecular complexity index is 645. The number of carbonyl (C=O) groups excluding carboxylic acids is 1. The molecule has 1 unspecified atom stereocenters. The standard InChI is InChI=1S/C13H13ClN4O2/c1-4-5-10-13(2,6-9(14)7-15-10)18-8-16-11(17-18)12(19)20-3/h4-8H,1H2,2-3H3/b10-5+. The lowest BCUT2D eigenvalue weighted by molar-refractivity contribution is 0.0586. The maximum Gasteiger partial charge on any atom is 0.377 e. The molecule has 0 aliphatic carbocycles. The Morgan fingerprint density at radius 1 is 1.60 bits per heavy atom. The summed E-state index contributed by atoms with van der Waals surface area (Å²) in [5.74, 6) is -0.623. The zero-order valence-corrected chi connectivity index (χ0v) is 11.8. The van der Waals surface area contributed by atoms with Gasteiger partial charge in [-0.3, -0.25) is 4.99 Å². The molecule has 1 atom stereocenters. The fourth-order valence-electron chi connectivity index (χ4n) is 1.82. The van der Waals surface area contributed by atoms with Crippen molar-refractivity contribution in [3.63, 3.8) is 0 Å². The van der Waals surface area contributed by atoms with Crippen molar-refractivity contribution in [3.8, 4) is 0 Å². The highest BCUT2D eigenvalue weighted by atomic mass is 35.5. The number of nitrogens with zero attached hydrogens (tertiary/aromatic N) is 4. The van der Waals surface area contributed by atoms with Crippen LogP contribution >= 0.6 is 11.6 Å².